The maximum atomic E-state index is 12.2. The predicted octanol–water partition coefficient (Wildman–Crippen LogP) is 4.65. The van der Waals surface area contributed by atoms with Crippen LogP contribution in [0.25, 0.3) is 0 Å². The molecule has 20 heavy (non-hydrogen) atoms. The first-order chi connectivity index (χ1) is 9.19. The summed E-state index contributed by atoms with van der Waals surface area (Å²) in [6.07, 6.45) is -5.28. The maximum absolute atomic E-state index is 12.2. The molecule has 0 saturated heterocycles. The third kappa shape index (κ3) is 3.79. The molecule has 112 valence electrons. The number of ether oxygens (including phenoxy) is 1. The molecule has 2 atom stereocenters. The van der Waals surface area contributed by atoms with Crippen LogP contribution < -0.4 is 4.74 Å². The standard InChI is InChI=1S/C14H16ClF3O2/c1-13(5-2-6-14(16,17)18)8-11(19)10-7-9(15)3-4-12(10)20-13/h3-4,7,11,19H,2,5-6,8H2,1H3. The lowest BCUT2D eigenvalue weighted by atomic mass is 9.86. The largest absolute Gasteiger partial charge is 0.487 e. The van der Waals surface area contributed by atoms with Crippen LogP contribution in [-0.4, -0.2) is 16.9 Å². The molecule has 0 fully saturated rings. The summed E-state index contributed by atoms with van der Waals surface area (Å²) in [6, 6.07) is 4.90. The predicted molar refractivity (Wildman–Crippen MR) is 70.0 cm³/mol. The molecular weight excluding hydrogens is 293 g/mol. The van der Waals surface area contributed by atoms with E-state index in [0.29, 0.717) is 16.3 Å². The zero-order valence-electron chi connectivity index (χ0n) is 11.0. The lowest BCUT2D eigenvalue weighted by molar-refractivity contribution is -0.138. The van der Waals surface area contributed by atoms with Gasteiger partial charge in [-0.05, 0) is 38.0 Å². The normalized spacial score (nSPS) is 26.0. The van der Waals surface area contributed by atoms with E-state index in [4.69, 9.17) is 16.3 Å². The number of alkyl halides is 3. The summed E-state index contributed by atoms with van der Waals surface area (Å²) >= 11 is 5.86. The topological polar surface area (TPSA) is 29.5 Å². The molecule has 0 aliphatic carbocycles. The van der Waals surface area contributed by atoms with Gasteiger partial charge in [0, 0.05) is 23.4 Å². The molecule has 0 aromatic heterocycles. The summed E-state index contributed by atoms with van der Waals surface area (Å²) < 4.78 is 42.3. The van der Waals surface area contributed by atoms with Crippen molar-refractivity contribution in [1.29, 1.82) is 0 Å². The lowest BCUT2D eigenvalue weighted by Crippen LogP contribution is -2.38. The van der Waals surface area contributed by atoms with Crippen molar-refractivity contribution in [2.45, 2.75) is 50.5 Å². The average molecular weight is 309 g/mol. The van der Waals surface area contributed by atoms with Gasteiger partial charge in [-0.1, -0.05) is 11.6 Å². The number of aliphatic hydroxyl groups is 1. The van der Waals surface area contributed by atoms with Gasteiger partial charge in [-0.15, -0.1) is 0 Å². The Kier molecular flexibility index (Phi) is 4.21. The van der Waals surface area contributed by atoms with Crippen molar-refractivity contribution >= 4 is 11.6 Å². The minimum Gasteiger partial charge on any atom is -0.487 e. The van der Waals surface area contributed by atoms with Crippen molar-refractivity contribution in [3.8, 4) is 5.75 Å². The number of benzene rings is 1. The summed E-state index contributed by atoms with van der Waals surface area (Å²) in [4.78, 5) is 0. The molecule has 1 heterocycles. The molecule has 0 bridgehead atoms. The Bertz CT molecular complexity index is 490. The molecule has 6 heteroatoms. The highest BCUT2D eigenvalue weighted by Gasteiger charge is 2.37. The second-order valence-corrected chi connectivity index (χ2v) is 5.86. The molecule has 1 N–H and O–H groups in total. The fourth-order valence-electron chi connectivity index (χ4n) is 2.51. The highest BCUT2D eigenvalue weighted by atomic mass is 35.5. The SMILES string of the molecule is CC1(CCCC(F)(F)F)CC(O)c2cc(Cl)ccc2O1. The molecule has 2 rings (SSSR count). The van der Waals surface area contributed by atoms with Crippen molar-refractivity contribution < 1.29 is 23.0 Å². The van der Waals surface area contributed by atoms with E-state index in [1.54, 1.807) is 25.1 Å². The second-order valence-electron chi connectivity index (χ2n) is 5.42. The number of rotatable bonds is 3. The van der Waals surface area contributed by atoms with E-state index >= 15 is 0 Å². The molecule has 1 aliphatic rings. The molecule has 1 aromatic rings. The fourth-order valence-corrected chi connectivity index (χ4v) is 2.70. The molecule has 0 saturated carbocycles. The number of fused-ring (bicyclic) bond motifs is 1. The average Bonchev–Trinajstić information content (AvgIpc) is 2.28. The second kappa shape index (κ2) is 5.45. The van der Waals surface area contributed by atoms with Gasteiger partial charge in [0.15, 0.2) is 0 Å². The van der Waals surface area contributed by atoms with Gasteiger partial charge in [-0.3, -0.25) is 0 Å². The molecule has 2 unspecified atom stereocenters. The van der Waals surface area contributed by atoms with Crippen LogP contribution in [0.3, 0.4) is 0 Å². The summed E-state index contributed by atoms with van der Waals surface area (Å²) in [7, 11) is 0. The third-order valence-electron chi connectivity index (χ3n) is 3.48. The van der Waals surface area contributed by atoms with Crippen LogP contribution in [0.4, 0.5) is 13.2 Å². The Balaban J connectivity index is 2.06. The third-order valence-corrected chi connectivity index (χ3v) is 3.71. The molecular formula is C14H16ClF3O2. The van der Waals surface area contributed by atoms with Gasteiger partial charge in [0.05, 0.1) is 6.10 Å². The van der Waals surface area contributed by atoms with Gasteiger partial charge in [0.2, 0.25) is 0 Å². The van der Waals surface area contributed by atoms with Gasteiger partial charge in [-0.25, -0.2) is 0 Å². The van der Waals surface area contributed by atoms with E-state index in [1.165, 1.54) is 0 Å². The van der Waals surface area contributed by atoms with Crippen molar-refractivity contribution in [1.82, 2.24) is 0 Å². The minimum atomic E-state index is -4.16. The fraction of sp³-hybridized carbons (Fsp3) is 0.571. The van der Waals surface area contributed by atoms with Gasteiger partial charge in [0.25, 0.3) is 0 Å². The molecule has 2 nitrogen and oxygen atoms in total. The smallest absolute Gasteiger partial charge is 0.389 e. The number of halogens is 4. The van der Waals surface area contributed by atoms with Gasteiger partial charge >= 0.3 is 6.18 Å². The molecule has 0 spiro atoms. The van der Waals surface area contributed by atoms with E-state index in [2.05, 4.69) is 0 Å². The first-order valence-corrected chi connectivity index (χ1v) is 6.80. The Labute approximate surface area is 120 Å². The van der Waals surface area contributed by atoms with E-state index in [9.17, 15) is 18.3 Å². The zero-order valence-corrected chi connectivity index (χ0v) is 11.8. The molecule has 1 aliphatic heterocycles. The van der Waals surface area contributed by atoms with Gasteiger partial charge in [-0.2, -0.15) is 13.2 Å². The molecule has 1 aromatic carbocycles. The summed E-state index contributed by atoms with van der Waals surface area (Å²) in [5, 5.41) is 10.6. The number of hydrogen-bond acceptors (Lipinski definition) is 2. The monoisotopic (exact) mass is 308 g/mol. The summed E-state index contributed by atoms with van der Waals surface area (Å²) in [5.74, 6) is 0.489. The molecule has 0 amide bonds. The first kappa shape index (κ1) is 15.4. The van der Waals surface area contributed by atoms with Crippen molar-refractivity contribution in [2.24, 2.45) is 0 Å². The van der Waals surface area contributed by atoms with Crippen LogP contribution in [0.5, 0.6) is 5.75 Å². The Hall–Kier alpha value is -0.940. The van der Waals surface area contributed by atoms with E-state index < -0.39 is 24.3 Å². The van der Waals surface area contributed by atoms with Crippen LogP contribution in [0.2, 0.25) is 5.02 Å². The number of aliphatic hydroxyl groups excluding tert-OH is 1. The summed E-state index contributed by atoms with van der Waals surface area (Å²) in [5.41, 5.74) is -0.198. The van der Waals surface area contributed by atoms with E-state index in [1.807, 2.05) is 0 Å². The van der Waals surface area contributed by atoms with Crippen molar-refractivity contribution in [2.75, 3.05) is 0 Å². The van der Waals surface area contributed by atoms with E-state index in [0.717, 1.165) is 0 Å². The van der Waals surface area contributed by atoms with Crippen molar-refractivity contribution in [3.63, 3.8) is 0 Å². The van der Waals surface area contributed by atoms with Crippen LogP contribution in [-0.2, 0) is 0 Å². The molecule has 0 radical (unpaired) electrons. The van der Waals surface area contributed by atoms with Crippen molar-refractivity contribution in [3.05, 3.63) is 28.8 Å². The van der Waals surface area contributed by atoms with Gasteiger partial charge < -0.3 is 9.84 Å². The van der Waals surface area contributed by atoms with Crippen LogP contribution in [0.15, 0.2) is 18.2 Å². The highest BCUT2D eigenvalue weighted by Crippen LogP contribution is 2.43. The Morgan fingerprint density at radius 1 is 1.45 bits per heavy atom. The van der Waals surface area contributed by atoms with Crippen LogP contribution in [0.1, 0.15) is 44.3 Å². The van der Waals surface area contributed by atoms with Gasteiger partial charge in [0.1, 0.15) is 11.4 Å². The highest BCUT2D eigenvalue weighted by molar-refractivity contribution is 6.30. The Morgan fingerprint density at radius 3 is 2.80 bits per heavy atom. The van der Waals surface area contributed by atoms with E-state index in [-0.39, 0.29) is 19.3 Å². The first-order valence-electron chi connectivity index (χ1n) is 6.42. The zero-order chi connectivity index (χ0) is 15.0. The Morgan fingerprint density at radius 2 is 2.15 bits per heavy atom. The number of hydrogen-bond donors (Lipinski definition) is 1. The maximum Gasteiger partial charge on any atom is 0.389 e. The quantitative estimate of drug-likeness (QED) is 0.881. The summed E-state index contributed by atoms with van der Waals surface area (Å²) in [6.45, 7) is 1.73. The van der Waals surface area contributed by atoms with Crippen LogP contribution in [0, 0.1) is 0 Å². The lowest BCUT2D eigenvalue weighted by Gasteiger charge is -2.38. The minimum absolute atomic E-state index is 0.0182. The van der Waals surface area contributed by atoms with Crippen LogP contribution >= 0.6 is 11.6 Å².